The van der Waals surface area contributed by atoms with E-state index in [4.69, 9.17) is 4.74 Å². The smallest absolute Gasteiger partial charge is 0.246 e. The molecular weight excluding hydrogens is 396 g/mol. The van der Waals surface area contributed by atoms with Crippen molar-refractivity contribution >= 4 is 23.3 Å². The second kappa shape index (κ2) is 13.1. The van der Waals surface area contributed by atoms with Gasteiger partial charge >= 0.3 is 0 Å². The molecule has 0 saturated carbocycles. The van der Waals surface area contributed by atoms with Gasteiger partial charge in [0, 0.05) is 44.4 Å². The number of hydrogen-bond acceptors (Lipinski definition) is 6. The molecule has 1 aromatic rings. The van der Waals surface area contributed by atoms with Crippen LogP contribution in [0.15, 0.2) is 24.3 Å². The second-order valence-electron chi connectivity index (χ2n) is 8.22. The molecule has 1 aromatic carbocycles. The first kappa shape index (κ1) is 24.8. The first-order valence-corrected chi connectivity index (χ1v) is 11.0. The number of unbranched alkanes of at least 4 members (excludes halogenated alkanes) is 2. The fourth-order valence-corrected chi connectivity index (χ4v) is 3.55. The summed E-state index contributed by atoms with van der Waals surface area (Å²) in [6, 6.07) is 6.52. The molecule has 1 aliphatic rings. The van der Waals surface area contributed by atoms with Crippen molar-refractivity contribution in [2.45, 2.75) is 45.1 Å². The molecule has 0 aromatic heterocycles. The van der Waals surface area contributed by atoms with Crippen LogP contribution in [0.25, 0.3) is 0 Å². The van der Waals surface area contributed by atoms with Gasteiger partial charge in [-0.3, -0.25) is 14.5 Å². The third-order valence-electron chi connectivity index (χ3n) is 5.47. The molecule has 2 N–H and O–H groups in total. The first-order valence-electron chi connectivity index (χ1n) is 11.0. The topological polar surface area (TPSA) is 91.0 Å². The molecule has 1 atom stereocenters. The van der Waals surface area contributed by atoms with Crippen LogP contribution in [0.2, 0.25) is 0 Å². The van der Waals surface area contributed by atoms with Crippen molar-refractivity contribution in [3.05, 3.63) is 24.3 Å². The van der Waals surface area contributed by atoms with E-state index in [9.17, 15) is 14.4 Å². The largest absolute Gasteiger partial charge is 0.497 e. The van der Waals surface area contributed by atoms with Crippen LogP contribution in [0, 0.1) is 0 Å². The average Bonchev–Trinajstić information content (AvgIpc) is 2.74. The maximum absolute atomic E-state index is 12.9. The molecule has 1 saturated heterocycles. The van der Waals surface area contributed by atoms with E-state index in [0.29, 0.717) is 30.8 Å². The van der Waals surface area contributed by atoms with Crippen LogP contribution in [0.5, 0.6) is 5.75 Å². The van der Waals surface area contributed by atoms with Crippen LogP contribution in [0.3, 0.4) is 0 Å². The number of amides is 2. The van der Waals surface area contributed by atoms with Crippen molar-refractivity contribution in [1.29, 1.82) is 0 Å². The second-order valence-corrected chi connectivity index (χ2v) is 8.22. The third kappa shape index (κ3) is 9.48. The minimum absolute atomic E-state index is 0.140. The Hall–Kier alpha value is -2.45. The van der Waals surface area contributed by atoms with Crippen molar-refractivity contribution in [3.8, 4) is 5.75 Å². The van der Waals surface area contributed by atoms with Gasteiger partial charge in [0.1, 0.15) is 17.6 Å². The van der Waals surface area contributed by atoms with Crippen molar-refractivity contribution < 1.29 is 19.1 Å². The number of piperazine rings is 1. The number of hydrogen-bond donors (Lipinski definition) is 2. The van der Waals surface area contributed by atoms with Crippen molar-refractivity contribution in [2.24, 2.45) is 0 Å². The highest BCUT2D eigenvalue weighted by atomic mass is 16.5. The van der Waals surface area contributed by atoms with Crippen LogP contribution in [0.4, 0.5) is 5.69 Å². The summed E-state index contributed by atoms with van der Waals surface area (Å²) >= 11 is 0. The predicted octanol–water partition coefficient (Wildman–Crippen LogP) is 1.91. The van der Waals surface area contributed by atoms with Crippen molar-refractivity contribution in [1.82, 2.24) is 15.1 Å². The van der Waals surface area contributed by atoms with Gasteiger partial charge in [0.2, 0.25) is 11.8 Å². The Labute approximate surface area is 185 Å². The molecule has 8 heteroatoms. The highest BCUT2D eigenvalue weighted by Crippen LogP contribution is 2.17. The quantitative estimate of drug-likeness (QED) is 0.491. The maximum atomic E-state index is 12.9. The lowest BCUT2D eigenvalue weighted by Gasteiger charge is -2.32. The Bertz CT molecular complexity index is 732. The van der Waals surface area contributed by atoms with E-state index in [0.717, 1.165) is 45.4 Å². The summed E-state index contributed by atoms with van der Waals surface area (Å²) in [6.45, 7) is 5.43. The molecule has 172 valence electrons. The standard InChI is InChI=1S/C23H36N4O4/c1-18(28)8-5-4-6-11-21(23(30)24-19-9-7-10-20(16-19)31-3)25-22(29)17-27-14-12-26(2)13-15-27/h7,9-10,16,21H,4-6,8,11-15,17H2,1-3H3,(H,24,30)(H,25,29)/t21-/m0/s1. The van der Waals surface area contributed by atoms with Crippen molar-refractivity contribution in [2.75, 3.05) is 52.2 Å². The molecule has 1 heterocycles. The molecule has 1 aliphatic heterocycles. The van der Waals surface area contributed by atoms with Crippen LogP contribution in [-0.4, -0.2) is 80.3 Å². The number of methoxy groups -OCH3 is 1. The minimum atomic E-state index is -0.622. The maximum Gasteiger partial charge on any atom is 0.246 e. The highest BCUT2D eigenvalue weighted by Gasteiger charge is 2.23. The Morgan fingerprint density at radius 1 is 1.10 bits per heavy atom. The first-order chi connectivity index (χ1) is 14.9. The summed E-state index contributed by atoms with van der Waals surface area (Å²) in [5.74, 6) is 0.441. The number of rotatable bonds is 12. The number of benzene rings is 1. The van der Waals surface area contributed by atoms with Crippen LogP contribution in [-0.2, 0) is 14.4 Å². The van der Waals surface area contributed by atoms with E-state index < -0.39 is 6.04 Å². The number of ether oxygens (including phenoxy) is 1. The Balaban J connectivity index is 1.92. The van der Waals surface area contributed by atoms with Crippen LogP contribution >= 0.6 is 0 Å². The zero-order valence-electron chi connectivity index (χ0n) is 19.0. The predicted molar refractivity (Wildman–Crippen MR) is 121 cm³/mol. The van der Waals surface area contributed by atoms with E-state index in [2.05, 4.69) is 27.5 Å². The number of Topliss-reactive ketones (excluding diaryl/α,β-unsaturated/α-hetero) is 1. The SMILES string of the molecule is COc1cccc(NC(=O)[C@H](CCCCCC(C)=O)NC(=O)CN2CCN(C)CC2)c1. The number of likely N-dealkylation sites (N-methyl/N-ethyl adjacent to an activating group) is 1. The van der Waals surface area contributed by atoms with E-state index in [1.54, 1.807) is 38.3 Å². The summed E-state index contributed by atoms with van der Waals surface area (Å²) in [7, 11) is 3.64. The molecule has 0 aliphatic carbocycles. The van der Waals surface area contributed by atoms with Gasteiger partial charge in [0.15, 0.2) is 0 Å². The molecule has 0 spiro atoms. The molecule has 8 nitrogen and oxygen atoms in total. The van der Waals surface area contributed by atoms with Gasteiger partial charge in [-0.05, 0) is 38.9 Å². The molecule has 1 fully saturated rings. The normalized spacial score (nSPS) is 15.8. The van der Waals surface area contributed by atoms with E-state index in [1.165, 1.54) is 0 Å². The fraction of sp³-hybridized carbons (Fsp3) is 0.609. The zero-order chi connectivity index (χ0) is 22.6. The van der Waals surface area contributed by atoms with E-state index in [-0.39, 0.29) is 17.6 Å². The average molecular weight is 433 g/mol. The monoisotopic (exact) mass is 432 g/mol. The van der Waals surface area contributed by atoms with Gasteiger partial charge in [-0.15, -0.1) is 0 Å². The summed E-state index contributed by atoms with van der Waals surface area (Å²) < 4.78 is 5.21. The lowest BCUT2D eigenvalue weighted by atomic mass is 10.1. The lowest BCUT2D eigenvalue weighted by Crippen LogP contribution is -2.51. The number of ketones is 1. The zero-order valence-corrected chi connectivity index (χ0v) is 19.0. The molecule has 0 bridgehead atoms. The summed E-state index contributed by atoms with van der Waals surface area (Å²) in [5, 5.41) is 5.80. The number of nitrogens with zero attached hydrogens (tertiary/aromatic N) is 2. The van der Waals surface area contributed by atoms with E-state index in [1.807, 2.05) is 0 Å². The van der Waals surface area contributed by atoms with Crippen LogP contribution < -0.4 is 15.4 Å². The Morgan fingerprint density at radius 3 is 2.52 bits per heavy atom. The third-order valence-corrected chi connectivity index (χ3v) is 5.47. The molecule has 2 amide bonds. The molecule has 2 rings (SSSR count). The van der Waals surface area contributed by atoms with Crippen LogP contribution in [0.1, 0.15) is 39.0 Å². The van der Waals surface area contributed by atoms with Gasteiger partial charge in [-0.25, -0.2) is 0 Å². The van der Waals surface area contributed by atoms with Gasteiger partial charge in [0.05, 0.1) is 13.7 Å². The Kier molecular flexibility index (Phi) is 10.5. The minimum Gasteiger partial charge on any atom is -0.497 e. The van der Waals surface area contributed by atoms with Gasteiger partial charge in [-0.2, -0.15) is 0 Å². The number of carbonyl (C=O) groups excluding carboxylic acids is 3. The van der Waals surface area contributed by atoms with Gasteiger partial charge in [-0.1, -0.05) is 18.9 Å². The number of anilines is 1. The van der Waals surface area contributed by atoms with E-state index >= 15 is 0 Å². The number of carbonyl (C=O) groups is 3. The summed E-state index contributed by atoms with van der Waals surface area (Å²) in [6.07, 6.45) is 3.49. The number of nitrogens with one attached hydrogen (secondary N) is 2. The van der Waals surface area contributed by atoms with Gasteiger partial charge in [0.25, 0.3) is 0 Å². The molecule has 0 unspecified atom stereocenters. The Morgan fingerprint density at radius 2 is 1.84 bits per heavy atom. The molecule has 31 heavy (non-hydrogen) atoms. The summed E-state index contributed by atoms with van der Waals surface area (Å²) in [5.41, 5.74) is 0.624. The van der Waals surface area contributed by atoms with Gasteiger partial charge < -0.3 is 25.1 Å². The van der Waals surface area contributed by atoms with Crippen molar-refractivity contribution in [3.63, 3.8) is 0 Å². The summed E-state index contributed by atoms with van der Waals surface area (Å²) in [4.78, 5) is 41.0. The molecule has 0 radical (unpaired) electrons. The lowest BCUT2D eigenvalue weighted by molar-refractivity contribution is -0.127. The fourth-order valence-electron chi connectivity index (χ4n) is 3.55. The highest BCUT2D eigenvalue weighted by molar-refractivity contribution is 5.97. The molecular formula is C23H36N4O4.